The van der Waals surface area contributed by atoms with Crippen LogP contribution >= 0.6 is 67.8 Å². The van der Waals surface area contributed by atoms with Gasteiger partial charge in [-0.25, -0.2) is 0 Å². The molecular weight excluding hydrogens is 701 g/mol. The minimum Gasteiger partial charge on any atom is -0.494 e. The summed E-state index contributed by atoms with van der Waals surface area (Å²) in [5.41, 5.74) is 0.324. The van der Waals surface area contributed by atoms with Gasteiger partial charge in [-0.2, -0.15) is 0 Å². The number of carbonyl (C=O) groups excluding carboxylic acids is 2. The zero-order valence-corrected chi connectivity index (χ0v) is 20.6. The van der Waals surface area contributed by atoms with E-state index < -0.39 is 50.3 Å². The van der Waals surface area contributed by atoms with Crippen LogP contribution < -0.4 is 15.4 Å². The quantitative estimate of drug-likeness (QED) is 0.192. The van der Waals surface area contributed by atoms with Crippen LogP contribution in [-0.4, -0.2) is 77.9 Å². The summed E-state index contributed by atoms with van der Waals surface area (Å²) in [6.07, 6.45) is 0. The van der Waals surface area contributed by atoms with Crippen molar-refractivity contribution < 1.29 is 34.8 Å². The predicted molar refractivity (Wildman–Crippen MR) is 122 cm³/mol. The van der Waals surface area contributed by atoms with Gasteiger partial charge in [-0.05, 0) is 67.8 Å². The lowest BCUT2D eigenvalue weighted by atomic mass is 10.1. The molecule has 9 nitrogen and oxygen atoms in total. The average Bonchev–Trinajstić information content (AvgIpc) is 2.64. The molecule has 0 spiro atoms. The highest BCUT2D eigenvalue weighted by Gasteiger charge is 2.29. The van der Waals surface area contributed by atoms with Gasteiger partial charge in [0.2, 0.25) is 0 Å². The van der Waals surface area contributed by atoms with Crippen LogP contribution in [0.5, 0.6) is 5.75 Å². The van der Waals surface area contributed by atoms with Gasteiger partial charge in [-0.1, -0.05) is 0 Å². The Morgan fingerprint density at radius 2 is 1.15 bits per heavy atom. The first-order valence-electron chi connectivity index (χ1n) is 7.56. The van der Waals surface area contributed by atoms with Gasteiger partial charge < -0.3 is 35.8 Å². The fourth-order valence-corrected chi connectivity index (χ4v) is 6.62. The summed E-state index contributed by atoms with van der Waals surface area (Å²) in [5.74, 6) is -0.843. The second-order valence-corrected chi connectivity index (χ2v) is 8.53. The largest absolute Gasteiger partial charge is 0.494 e. The molecule has 0 aliphatic carbocycles. The molecule has 0 heterocycles. The number of amides is 2. The topological polar surface area (TPSA) is 148 Å². The third-order valence-electron chi connectivity index (χ3n) is 3.49. The van der Waals surface area contributed by atoms with E-state index in [0.717, 1.165) is 0 Å². The number of benzene rings is 1. The minimum atomic E-state index is -0.847. The predicted octanol–water partition coefficient (Wildman–Crippen LogP) is -0.325. The van der Waals surface area contributed by atoms with Crippen molar-refractivity contribution in [1.82, 2.24) is 10.6 Å². The first-order valence-corrected chi connectivity index (χ1v) is 10.8. The molecule has 0 aliphatic heterocycles. The fourth-order valence-electron chi connectivity index (χ4n) is 2.03. The van der Waals surface area contributed by atoms with E-state index in [0.29, 0.717) is 16.5 Å². The average molecular weight is 720 g/mol. The molecule has 1 aromatic carbocycles. The number of rotatable bonds is 9. The van der Waals surface area contributed by atoms with Gasteiger partial charge >= 0.3 is 0 Å². The van der Waals surface area contributed by atoms with E-state index in [2.05, 4.69) is 10.6 Å². The van der Waals surface area contributed by atoms with Gasteiger partial charge in [0.15, 0.2) is 0 Å². The highest BCUT2D eigenvalue weighted by atomic mass is 127. The van der Waals surface area contributed by atoms with Crippen LogP contribution in [0.1, 0.15) is 20.7 Å². The van der Waals surface area contributed by atoms with Crippen LogP contribution in [0.2, 0.25) is 0 Å². The SMILES string of the molecule is COc1c(I)c(C(=O)NC(CO)CO)c(I)c(C(=O)NC(CO)CO)c1I. The van der Waals surface area contributed by atoms with E-state index in [1.807, 2.05) is 67.8 Å². The van der Waals surface area contributed by atoms with Crippen LogP contribution in [0.15, 0.2) is 0 Å². The molecule has 2 amide bonds. The molecule has 27 heavy (non-hydrogen) atoms. The molecule has 152 valence electrons. The lowest BCUT2D eigenvalue weighted by Crippen LogP contribution is -2.42. The molecule has 0 atom stereocenters. The second kappa shape index (κ2) is 11.9. The van der Waals surface area contributed by atoms with Gasteiger partial charge in [0.25, 0.3) is 11.8 Å². The van der Waals surface area contributed by atoms with Crippen molar-refractivity contribution >= 4 is 79.6 Å². The van der Waals surface area contributed by atoms with Crippen LogP contribution in [-0.2, 0) is 0 Å². The Bertz CT molecular complexity index is 641. The van der Waals surface area contributed by atoms with Gasteiger partial charge in [0.1, 0.15) is 5.75 Å². The van der Waals surface area contributed by atoms with Crippen LogP contribution in [0.4, 0.5) is 0 Å². The van der Waals surface area contributed by atoms with Gasteiger partial charge in [0.05, 0.1) is 63.9 Å². The molecule has 0 aliphatic rings. The lowest BCUT2D eigenvalue weighted by molar-refractivity contribution is 0.0873. The number of carbonyl (C=O) groups is 2. The molecule has 0 saturated carbocycles. The Morgan fingerprint density at radius 1 is 0.815 bits per heavy atom. The summed E-state index contributed by atoms with van der Waals surface area (Å²) >= 11 is 5.71. The highest BCUT2D eigenvalue weighted by Crippen LogP contribution is 2.37. The number of hydrogen-bond donors (Lipinski definition) is 6. The molecule has 12 heteroatoms. The zero-order chi connectivity index (χ0) is 20.7. The number of hydrogen-bond acceptors (Lipinski definition) is 7. The van der Waals surface area contributed by atoms with Crippen LogP contribution in [0.25, 0.3) is 0 Å². The lowest BCUT2D eigenvalue weighted by Gasteiger charge is -2.21. The molecule has 0 saturated heterocycles. The van der Waals surface area contributed by atoms with Gasteiger partial charge in [0, 0.05) is 3.57 Å². The van der Waals surface area contributed by atoms with Crippen LogP contribution in [0.3, 0.4) is 0 Å². The molecule has 0 radical (unpaired) electrons. The van der Waals surface area contributed by atoms with E-state index in [1.54, 1.807) is 0 Å². The van der Waals surface area contributed by atoms with Crippen molar-refractivity contribution in [2.24, 2.45) is 0 Å². The molecule has 0 aromatic heterocycles. The Kier molecular flexibility index (Phi) is 11.0. The van der Waals surface area contributed by atoms with E-state index in [1.165, 1.54) is 7.11 Å². The smallest absolute Gasteiger partial charge is 0.253 e. The van der Waals surface area contributed by atoms with Crippen molar-refractivity contribution in [1.29, 1.82) is 0 Å². The Balaban J connectivity index is 3.49. The standard InChI is InChI=1S/C15H19I3N2O7/c1-27-13-11(17)8(14(25)19-6(2-21)3-22)10(16)9(12(13)18)15(26)20-7(4-23)5-24/h6-7,21-24H,2-5H2,1H3,(H,19,25)(H,20,26). The number of methoxy groups -OCH3 is 1. The summed E-state index contributed by atoms with van der Waals surface area (Å²) in [5, 5.41) is 41.7. The maximum atomic E-state index is 12.7. The summed E-state index contributed by atoms with van der Waals surface area (Å²) in [6.45, 7) is -1.78. The number of aliphatic hydroxyl groups is 4. The molecular formula is C15H19I3N2O7. The maximum Gasteiger partial charge on any atom is 0.253 e. The van der Waals surface area contributed by atoms with Gasteiger partial charge in [-0.15, -0.1) is 0 Å². The van der Waals surface area contributed by atoms with Crippen molar-refractivity contribution in [3.8, 4) is 5.75 Å². The third kappa shape index (κ3) is 5.99. The summed E-state index contributed by atoms with van der Waals surface area (Å²) in [7, 11) is 1.41. The van der Waals surface area contributed by atoms with Crippen LogP contribution in [0, 0.1) is 10.7 Å². The van der Waals surface area contributed by atoms with Crippen molar-refractivity contribution in [2.75, 3.05) is 33.5 Å². The number of aliphatic hydroxyl groups excluding tert-OH is 4. The third-order valence-corrected chi connectivity index (χ3v) is 6.62. The van der Waals surface area contributed by atoms with E-state index in [4.69, 9.17) is 4.74 Å². The Labute approximate surface area is 196 Å². The molecule has 0 unspecified atom stereocenters. The zero-order valence-electron chi connectivity index (χ0n) is 14.1. The van der Waals surface area contributed by atoms with Crippen molar-refractivity contribution in [2.45, 2.75) is 12.1 Å². The Morgan fingerprint density at radius 3 is 1.41 bits per heavy atom. The van der Waals surface area contributed by atoms with Gasteiger partial charge in [-0.3, -0.25) is 9.59 Å². The number of halogens is 3. The molecule has 0 bridgehead atoms. The first kappa shape index (κ1) is 25.0. The first-order chi connectivity index (χ1) is 12.8. The summed E-state index contributed by atoms with van der Waals surface area (Å²) in [6, 6.07) is -1.69. The molecule has 0 fully saturated rings. The monoisotopic (exact) mass is 720 g/mol. The van der Waals surface area contributed by atoms with Crippen molar-refractivity contribution in [3.63, 3.8) is 0 Å². The van der Waals surface area contributed by atoms with E-state index >= 15 is 0 Å². The molecule has 6 N–H and O–H groups in total. The summed E-state index contributed by atoms with van der Waals surface area (Å²) in [4.78, 5) is 25.4. The fraction of sp³-hybridized carbons (Fsp3) is 0.467. The minimum absolute atomic E-state index is 0.162. The Hall–Kier alpha value is -0.0100. The molecule has 1 aromatic rings. The number of nitrogens with one attached hydrogen (secondary N) is 2. The van der Waals surface area contributed by atoms with E-state index in [-0.39, 0.29) is 11.1 Å². The van der Waals surface area contributed by atoms with E-state index in [9.17, 15) is 30.0 Å². The highest BCUT2D eigenvalue weighted by molar-refractivity contribution is 14.1. The van der Waals surface area contributed by atoms with Crippen molar-refractivity contribution in [3.05, 3.63) is 21.8 Å². The maximum absolute atomic E-state index is 12.7. The normalized spacial score (nSPS) is 11.0. The number of ether oxygens (including phenoxy) is 1. The second-order valence-electron chi connectivity index (χ2n) is 5.30. The summed E-state index contributed by atoms with van der Waals surface area (Å²) < 4.78 is 6.62. The molecule has 1 rings (SSSR count).